The molecule has 6 heteroatoms. The minimum atomic E-state index is -0.663. The largest absolute Gasteiger partial charge is 0.390 e. The summed E-state index contributed by atoms with van der Waals surface area (Å²) < 4.78 is 18.8. The van der Waals surface area contributed by atoms with Crippen LogP contribution in [0.1, 0.15) is 10.4 Å². The van der Waals surface area contributed by atoms with Gasteiger partial charge in [0.2, 0.25) is 0 Å². The van der Waals surface area contributed by atoms with Gasteiger partial charge in [-0.1, -0.05) is 12.1 Å². The van der Waals surface area contributed by atoms with Crippen LogP contribution < -0.4 is 0 Å². The Morgan fingerprint density at radius 2 is 2.10 bits per heavy atom. The number of ether oxygens (including phenoxy) is 1. The Morgan fingerprint density at radius 1 is 1.43 bits per heavy atom. The molecule has 5 nitrogen and oxygen atoms in total. The maximum atomic E-state index is 13.6. The predicted octanol–water partition coefficient (Wildman–Crippen LogP) is 0.591. The van der Waals surface area contributed by atoms with E-state index >= 15 is 0 Å². The SMILES string of the molecule is CN(CC(O)CN1CCOCC1)C(=O)c1ccccc1F. The Bertz CT molecular complexity index is 478. The number of hydrogen-bond donors (Lipinski definition) is 1. The lowest BCUT2D eigenvalue weighted by Gasteiger charge is -2.30. The van der Waals surface area contributed by atoms with Gasteiger partial charge in [-0.15, -0.1) is 0 Å². The lowest BCUT2D eigenvalue weighted by atomic mass is 10.2. The Morgan fingerprint density at radius 3 is 2.76 bits per heavy atom. The summed E-state index contributed by atoms with van der Waals surface area (Å²) in [5.74, 6) is -0.967. The van der Waals surface area contributed by atoms with Gasteiger partial charge in [-0.05, 0) is 12.1 Å². The van der Waals surface area contributed by atoms with Crippen LogP contribution in [0.3, 0.4) is 0 Å². The van der Waals surface area contributed by atoms with E-state index in [1.807, 2.05) is 0 Å². The lowest BCUT2D eigenvalue weighted by Crippen LogP contribution is -2.45. The fourth-order valence-electron chi connectivity index (χ4n) is 2.38. The van der Waals surface area contributed by atoms with E-state index in [2.05, 4.69) is 4.90 Å². The molecule has 1 N–H and O–H groups in total. The summed E-state index contributed by atoms with van der Waals surface area (Å²) in [7, 11) is 1.57. The van der Waals surface area contributed by atoms with Crippen LogP contribution in [-0.4, -0.2) is 73.4 Å². The monoisotopic (exact) mass is 296 g/mol. The Kier molecular flexibility index (Phi) is 5.67. The minimum absolute atomic E-state index is 0.0265. The zero-order chi connectivity index (χ0) is 15.2. The van der Waals surface area contributed by atoms with Crippen LogP contribution in [-0.2, 0) is 4.74 Å². The molecular weight excluding hydrogens is 275 g/mol. The van der Waals surface area contributed by atoms with Crippen molar-refractivity contribution in [2.24, 2.45) is 0 Å². The average molecular weight is 296 g/mol. The van der Waals surface area contributed by atoms with Crippen LogP contribution in [0.4, 0.5) is 4.39 Å². The third-order valence-electron chi connectivity index (χ3n) is 3.51. The van der Waals surface area contributed by atoms with Crippen molar-refractivity contribution in [1.29, 1.82) is 0 Å². The number of carbonyl (C=O) groups is 1. The summed E-state index contributed by atoms with van der Waals surface area (Å²) in [5, 5.41) is 10.1. The molecule has 21 heavy (non-hydrogen) atoms. The second-order valence-corrected chi connectivity index (χ2v) is 5.23. The van der Waals surface area contributed by atoms with Crippen molar-refractivity contribution in [1.82, 2.24) is 9.80 Å². The van der Waals surface area contributed by atoms with Crippen LogP contribution >= 0.6 is 0 Å². The van der Waals surface area contributed by atoms with Crippen molar-refractivity contribution in [2.75, 3.05) is 46.4 Å². The molecule has 1 aliphatic rings. The molecule has 0 spiro atoms. The third-order valence-corrected chi connectivity index (χ3v) is 3.51. The lowest BCUT2D eigenvalue weighted by molar-refractivity contribution is 0.00874. The minimum Gasteiger partial charge on any atom is -0.390 e. The number of hydrogen-bond acceptors (Lipinski definition) is 4. The number of carbonyl (C=O) groups excluding carboxylic acids is 1. The second kappa shape index (κ2) is 7.49. The first kappa shape index (κ1) is 15.9. The van der Waals surface area contributed by atoms with Crippen molar-refractivity contribution in [3.63, 3.8) is 0 Å². The number of aliphatic hydroxyl groups is 1. The molecule has 0 aliphatic carbocycles. The maximum Gasteiger partial charge on any atom is 0.256 e. The molecule has 1 aromatic carbocycles. The molecule has 1 fully saturated rings. The molecule has 1 unspecified atom stereocenters. The number of halogens is 1. The van der Waals surface area contributed by atoms with Crippen LogP contribution in [0.15, 0.2) is 24.3 Å². The van der Waals surface area contributed by atoms with Crippen molar-refractivity contribution in [3.8, 4) is 0 Å². The van der Waals surface area contributed by atoms with Gasteiger partial charge < -0.3 is 14.7 Å². The molecular formula is C15H21FN2O3. The van der Waals surface area contributed by atoms with Crippen LogP contribution in [0.5, 0.6) is 0 Å². The topological polar surface area (TPSA) is 53.0 Å². The number of nitrogens with zero attached hydrogens (tertiary/aromatic N) is 2. The number of benzene rings is 1. The number of β-amino-alcohol motifs (C(OH)–C–C–N with tert-alkyl or cyclic N) is 1. The van der Waals surface area contributed by atoms with Gasteiger partial charge in [0.15, 0.2) is 0 Å². The average Bonchev–Trinajstić information content (AvgIpc) is 2.48. The zero-order valence-electron chi connectivity index (χ0n) is 12.2. The maximum absolute atomic E-state index is 13.6. The van der Waals surface area contributed by atoms with Crippen molar-refractivity contribution in [3.05, 3.63) is 35.6 Å². The van der Waals surface area contributed by atoms with Crippen LogP contribution in [0.2, 0.25) is 0 Å². The predicted molar refractivity (Wildman–Crippen MR) is 76.6 cm³/mol. The van der Waals surface area contributed by atoms with E-state index in [9.17, 15) is 14.3 Å². The van der Waals surface area contributed by atoms with Gasteiger partial charge in [-0.25, -0.2) is 4.39 Å². The van der Waals surface area contributed by atoms with Gasteiger partial charge >= 0.3 is 0 Å². The summed E-state index contributed by atoms with van der Waals surface area (Å²) in [5.41, 5.74) is 0.0265. The highest BCUT2D eigenvalue weighted by Crippen LogP contribution is 2.10. The number of likely N-dealkylation sites (N-methyl/N-ethyl adjacent to an activating group) is 1. The van der Waals surface area contributed by atoms with E-state index in [4.69, 9.17) is 4.74 Å². The Hall–Kier alpha value is -1.50. The smallest absolute Gasteiger partial charge is 0.256 e. The van der Waals surface area contributed by atoms with Gasteiger partial charge in [0.25, 0.3) is 5.91 Å². The first-order valence-electron chi connectivity index (χ1n) is 7.06. The third kappa shape index (κ3) is 4.49. The van der Waals surface area contributed by atoms with E-state index < -0.39 is 17.8 Å². The molecule has 1 aromatic rings. The molecule has 2 rings (SSSR count). The van der Waals surface area contributed by atoms with E-state index in [-0.39, 0.29) is 12.1 Å². The van der Waals surface area contributed by atoms with Crippen LogP contribution in [0, 0.1) is 5.82 Å². The van der Waals surface area contributed by atoms with Gasteiger partial charge in [0, 0.05) is 33.2 Å². The molecule has 0 radical (unpaired) electrons. The molecule has 1 amide bonds. The molecule has 1 saturated heterocycles. The fraction of sp³-hybridized carbons (Fsp3) is 0.533. The van der Waals surface area contributed by atoms with Crippen molar-refractivity contribution in [2.45, 2.75) is 6.10 Å². The summed E-state index contributed by atoms with van der Waals surface area (Å²) >= 11 is 0. The Balaban J connectivity index is 1.86. The number of amides is 1. The first-order chi connectivity index (χ1) is 10.1. The highest BCUT2D eigenvalue weighted by atomic mass is 19.1. The first-order valence-corrected chi connectivity index (χ1v) is 7.06. The van der Waals surface area contributed by atoms with Gasteiger partial charge in [0.1, 0.15) is 5.82 Å². The van der Waals surface area contributed by atoms with Crippen molar-refractivity contribution >= 4 is 5.91 Å². The second-order valence-electron chi connectivity index (χ2n) is 5.23. The molecule has 1 aliphatic heterocycles. The number of rotatable bonds is 5. The summed E-state index contributed by atoms with van der Waals surface area (Å²) in [6.07, 6.45) is -0.663. The molecule has 1 heterocycles. The quantitative estimate of drug-likeness (QED) is 0.864. The number of morpholine rings is 1. The Labute approximate surface area is 123 Å². The van der Waals surface area contributed by atoms with Gasteiger partial charge in [0.05, 0.1) is 24.9 Å². The van der Waals surface area contributed by atoms with E-state index in [1.54, 1.807) is 19.2 Å². The molecule has 1 atom stereocenters. The fourth-order valence-corrected chi connectivity index (χ4v) is 2.38. The summed E-state index contributed by atoms with van der Waals surface area (Å²) in [6.45, 7) is 3.54. The summed E-state index contributed by atoms with van der Waals surface area (Å²) in [6, 6.07) is 5.86. The van der Waals surface area contributed by atoms with E-state index in [0.29, 0.717) is 19.8 Å². The van der Waals surface area contributed by atoms with E-state index in [1.165, 1.54) is 17.0 Å². The van der Waals surface area contributed by atoms with Gasteiger partial charge in [-0.2, -0.15) is 0 Å². The normalized spacial score (nSPS) is 17.5. The van der Waals surface area contributed by atoms with Gasteiger partial charge in [-0.3, -0.25) is 9.69 Å². The molecule has 0 aromatic heterocycles. The summed E-state index contributed by atoms with van der Waals surface area (Å²) in [4.78, 5) is 15.6. The zero-order valence-corrected chi connectivity index (χ0v) is 12.2. The molecule has 0 bridgehead atoms. The van der Waals surface area contributed by atoms with E-state index in [0.717, 1.165) is 13.1 Å². The van der Waals surface area contributed by atoms with Crippen LogP contribution in [0.25, 0.3) is 0 Å². The van der Waals surface area contributed by atoms with Crippen molar-refractivity contribution < 1.29 is 19.0 Å². The number of aliphatic hydroxyl groups excluding tert-OH is 1. The highest BCUT2D eigenvalue weighted by molar-refractivity contribution is 5.94. The standard InChI is InChI=1S/C15H21FN2O3/c1-17(15(20)13-4-2-3-5-14(13)16)10-12(19)11-18-6-8-21-9-7-18/h2-5,12,19H,6-11H2,1H3. The molecule has 0 saturated carbocycles. The molecule has 116 valence electrons. The highest BCUT2D eigenvalue weighted by Gasteiger charge is 2.20.